The molecule has 1 N–H and O–H groups in total. The molecule has 1 aromatic heterocycles. The number of nitrogens with one attached hydrogen (secondary N) is 1. The lowest BCUT2D eigenvalue weighted by atomic mass is 10.1. The molecule has 0 unspecified atom stereocenters. The van der Waals surface area contributed by atoms with Crippen LogP contribution in [0.3, 0.4) is 0 Å². The summed E-state index contributed by atoms with van der Waals surface area (Å²) in [6, 6.07) is 15.2. The fourth-order valence-corrected chi connectivity index (χ4v) is 2.70. The van der Waals surface area contributed by atoms with Crippen molar-refractivity contribution in [1.29, 1.82) is 0 Å². The Morgan fingerprint density at radius 3 is 2.57 bits per heavy atom. The minimum Gasteiger partial charge on any atom is -0.497 e. The summed E-state index contributed by atoms with van der Waals surface area (Å²) < 4.78 is 20.8. The van der Waals surface area contributed by atoms with E-state index in [-0.39, 0.29) is 0 Å². The van der Waals surface area contributed by atoms with Crippen LogP contribution in [0.4, 0.5) is 0 Å². The van der Waals surface area contributed by atoms with Crippen molar-refractivity contribution in [3.8, 4) is 22.8 Å². The minimum atomic E-state index is -0.441. The summed E-state index contributed by atoms with van der Waals surface area (Å²) in [4.78, 5) is 24.0. The van der Waals surface area contributed by atoms with E-state index < -0.39 is 11.9 Å². The van der Waals surface area contributed by atoms with Gasteiger partial charge in [-0.2, -0.15) is 5.10 Å². The maximum Gasteiger partial charge on any atom is 0.337 e. The molecule has 0 saturated carbocycles. The van der Waals surface area contributed by atoms with E-state index in [9.17, 15) is 9.59 Å². The number of furan rings is 1. The van der Waals surface area contributed by atoms with Crippen molar-refractivity contribution in [2.75, 3.05) is 21.3 Å². The lowest BCUT2D eigenvalue weighted by Gasteiger charge is -2.08. The highest BCUT2D eigenvalue weighted by Crippen LogP contribution is 2.25. The zero-order chi connectivity index (χ0) is 21.5. The topological polar surface area (TPSA) is 99.4 Å². The Kier molecular flexibility index (Phi) is 6.49. The average Bonchev–Trinajstić information content (AvgIpc) is 3.27. The molecule has 0 spiro atoms. The van der Waals surface area contributed by atoms with Gasteiger partial charge in [0.2, 0.25) is 0 Å². The number of carbonyl (C=O) groups excluding carboxylic acids is 2. The van der Waals surface area contributed by atoms with E-state index in [0.29, 0.717) is 39.7 Å². The number of hydrazone groups is 1. The Morgan fingerprint density at radius 2 is 1.83 bits per heavy atom. The molecule has 8 heteroatoms. The first-order valence-corrected chi connectivity index (χ1v) is 8.89. The molecule has 0 saturated heterocycles. The van der Waals surface area contributed by atoms with Crippen molar-refractivity contribution in [3.63, 3.8) is 0 Å². The van der Waals surface area contributed by atoms with Crippen LogP contribution >= 0.6 is 0 Å². The Balaban J connectivity index is 1.69. The van der Waals surface area contributed by atoms with E-state index in [1.165, 1.54) is 27.5 Å². The molecule has 30 heavy (non-hydrogen) atoms. The maximum absolute atomic E-state index is 12.4. The van der Waals surface area contributed by atoms with Gasteiger partial charge in [0.15, 0.2) is 0 Å². The van der Waals surface area contributed by atoms with Gasteiger partial charge in [-0.3, -0.25) is 4.79 Å². The molecule has 0 radical (unpaired) electrons. The van der Waals surface area contributed by atoms with Crippen molar-refractivity contribution in [2.45, 2.75) is 0 Å². The molecular formula is C22H20N2O6. The van der Waals surface area contributed by atoms with Gasteiger partial charge in [-0.25, -0.2) is 10.2 Å². The average molecular weight is 408 g/mol. The number of esters is 1. The Hall–Kier alpha value is -4.07. The van der Waals surface area contributed by atoms with Crippen molar-refractivity contribution in [1.82, 2.24) is 5.43 Å². The van der Waals surface area contributed by atoms with E-state index in [4.69, 9.17) is 18.6 Å². The van der Waals surface area contributed by atoms with Gasteiger partial charge in [0, 0.05) is 11.6 Å². The zero-order valence-electron chi connectivity index (χ0n) is 16.7. The first-order valence-electron chi connectivity index (χ1n) is 8.89. The third-order valence-corrected chi connectivity index (χ3v) is 4.21. The van der Waals surface area contributed by atoms with Crippen molar-refractivity contribution >= 4 is 18.1 Å². The van der Waals surface area contributed by atoms with Crippen LogP contribution in [0.5, 0.6) is 11.5 Å². The number of ether oxygens (including phenoxy) is 3. The molecule has 0 fully saturated rings. The van der Waals surface area contributed by atoms with Gasteiger partial charge in [0.25, 0.3) is 5.91 Å². The number of nitrogens with zero attached hydrogens (tertiary/aromatic N) is 1. The fraction of sp³-hybridized carbons (Fsp3) is 0.136. The molecule has 8 nitrogen and oxygen atoms in total. The summed E-state index contributed by atoms with van der Waals surface area (Å²) in [6.07, 6.45) is 1.38. The molecule has 0 atom stereocenters. The zero-order valence-corrected chi connectivity index (χ0v) is 16.7. The molecule has 1 heterocycles. The number of hydrogen-bond acceptors (Lipinski definition) is 7. The van der Waals surface area contributed by atoms with E-state index in [2.05, 4.69) is 10.5 Å². The molecular weight excluding hydrogens is 388 g/mol. The van der Waals surface area contributed by atoms with Crippen molar-refractivity contribution in [2.24, 2.45) is 5.10 Å². The molecule has 0 bridgehead atoms. The summed E-state index contributed by atoms with van der Waals surface area (Å²) in [6.45, 7) is 0. The highest BCUT2D eigenvalue weighted by atomic mass is 16.5. The van der Waals surface area contributed by atoms with Gasteiger partial charge in [-0.1, -0.05) is 12.1 Å². The van der Waals surface area contributed by atoms with Crippen molar-refractivity contribution in [3.05, 3.63) is 71.5 Å². The number of hydrogen-bond donors (Lipinski definition) is 1. The van der Waals surface area contributed by atoms with Crippen LogP contribution < -0.4 is 14.9 Å². The first kappa shape index (κ1) is 20.7. The van der Waals surface area contributed by atoms with Crippen LogP contribution in [-0.2, 0) is 4.74 Å². The van der Waals surface area contributed by atoms with Crippen LogP contribution in [0.2, 0.25) is 0 Å². The molecule has 0 aliphatic heterocycles. The smallest absolute Gasteiger partial charge is 0.337 e. The molecule has 0 aliphatic carbocycles. The van der Waals surface area contributed by atoms with Crippen LogP contribution in [0.15, 0.2) is 64.1 Å². The second kappa shape index (κ2) is 9.42. The summed E-state index contributed by atoms with van der Waals surface area (Å²) >= 11 is 0. The van der Waals surface area contributed by atoms with Crippen LogP contribution in [0.1, 0.15) is 26.5 Å². The van der Waals surface area contributed by atoms with E-state index in [1.54, 1.807) is 48.5 Å². The minimum absolute atomic E-state index is 0.315. The molecule has 2 aromatic carbocycles. The lowest BCUT2D eigenvalue weighted by Crippen LogP contribution is -2.18. The number of rotatable bonds is 7. The van der Waals surface area contributed by atoms with Gasteiger partial charge in [0.05, 0.1) is 38.7 Å². The Morgan fingerprint density at radius 1 is 1.00 bits per heavy atom. The molecule has 0 aliphatic rings. The highest BCUT2D eigenvalue weighted by molar-refractivity contribution is 5.97. The number of amides is 1. The standard InChI is InChI=1S/C22H20N2O6/c1-27-16-7-9-18(20(12-16)28-2)21(25)24-23-13-17-8-10-19(30-17)14-5-4-6-15(11-14)22(26)29-3/h4-13H,1-3H3,(H,24,25). The van der Waals surface area contributed by atoms with Gasteiger partial charge >= 0.3 is 5.97 Å². The molecule has 3 aromatic rings. The summed E-state index contributed by atoms with van der Waals surface area (Å²) in [5.41, 5.74) is 3.88. The SMILES string of the molecule is COC(=O)c1cccc(-c2ccc(C=NNC(=O)c3ccc(OC)cc3OC)o2)c1. The van der Waals surface area contributed by atoms with Gasteiger partial charge in [-0.05, 0) is 36.4 Å². The maximum atomic E-state index is 12.4. The predicted molar refractivity (Wildman–Crippen MR) is 110 cm³/mol. The second-order valence-corrected chi connectivity index (χ2v) is 6.04. The number of carbonyl (C=O) groups is 2. The number of benzene rings is 2. The predicted octanol–water partition coefficient (Wildman–Crippen LogP) is 3.51. The highest BCUT2D eigenvalue weighted by Gasteiger charge is 2.13. The van der Waals surface area contributed by atoms with Crippen molar-refractivity contribution < 1.29 is 28.2 Å². The van der Waals surface area contributed by atoms with E-state index >= 15 is 0 Å². The van der Waals surface area contributed by atoms with Gasteiger partial charge in [0.1, 0.15) is 23.0 Å². The van der Waals surface area contributed by atoms with Crippen LogP contribution in [0.25, 0.3) is 11.3 Å². The van der Waals surface area contributed by atoms with E-state index in [1.807, 2.05) is 6.07 Å². The van der Waals surface area contributed by atoms with Gasteiger partial charge < -0.3 is 18.6 Å². The lowest BCUT2D eigenvalue weighted by molar-refractivity contribution is 0.0600. The second-order valence-electron chi connectivity index (χ2n) is 6.04. The first-order chi connectivity index (χ1) is 14.5. The van der Waals surface area contributed by atoms with Gasteiger partial charge in [-0.15, -0.1) is 0 Å². The normalized spacial score (nSPS) is 10.6. The third kappa shape index (κ3) is 4.67. The molecule has 1 amide bonds. The monoisotopic (exact) mass is 408 g/mol. The fourth-order valence-electron chi connectivity index (χ4n) is 2.70. The largest absolute Gasteiger partial charge is 0.497 e. The summed E-state index contributed by atoms with van der Waals surface area (Å²) in [7, 11) is 4.32. The Labute approximate surface area is 173 Å². The third-order valence-electron chi connectivity index (χ3n) is 4.21. The van der Waals surface area contributed by atoms with Crippen LogP contribution in [-0.4, -0.2) is 39.4 Å². The summed E-state index contributed by atoms with van der Waals surface area (Å²) in [5, 5.41) is 3.92. The Bertz CT molecular complexity index is 1090. The summed E-state index contributed by atoms with van der Waals surface area (Å²) in [5.74, 6) is 1.05. The quantitative estimate of drug-likeness (QED) is 0.365. The van der Waals surface area contributed by atoms with Crippen LogP contribution in [0, 0.1) is 0 Å². The number of methoxy groups -OCH3 is 3. The van der Waals surface area contributed by atoms with E-state index in [0.717, 1.165) is 0 Å². The molecule has 154 valence electrons. The molecule has 3 rings (SSSR count).